The highest BCUT2D eigenvalue weighted by Gasteiger charge is 2.32. The molecule has 0 spiro atoms. The molecular formula is C15H15N3O3. The minimum Gasteiger partial charge on any atom is -0.442 e. The van der Waals surface area contributed by atoms with E-state index in [1.807, 2.05) is 18.2 Å². The summed E-state index contributed by atoms with van der Waals surface area (Å²) < 4.78 is 5.19. The van der Waals surface area contributed by atoms with Crippen LogP contribution in [0.1, 0.15) is 12.5 Å². The smallest absolute Gasteiger partial charge is 0.414 e. The van der Waals surface area contributed by atoms with E-state index >= 15 is 0 Å². The minimum absolute atomic E-state index is 0.155. The van der Waals surface area contributed by atoms with Gasteiger partial charge in [0.2, 0.25) is 5.91 Å². The molecule has 1 unspecified atom stereocenters. The van der Waals surface area contributed by atoms with Crippen LogP contribution in [-0.2, 0) is 9.53 Å². The lowest BCUT2D eigenvalue weighted by Crippen LogP contribution is -2.33. The summed E-state index contributed by atoms with van der Waals surface area (Å²) in [6.45, 7) is 2.12. The summed E-state index contributed by atoms with van der Waals surface area (Å²) in [5.41, 5.74) is 1.60. The summed E-state index contributed by atoms with van der Waals surface area (Å²) in [7, 11) is 0. The predicted octanol–water partition coefficient (Wildman–Crippen LogP) is 1.68. The highest BCUT2D eigenvalue weighted by molar-refractivity contribution is 5.90. The van der Waals surface area contributed by atoms with Gasteiger partial charge in [0, 0.05) is 18.7 Å². The Morgan fingerprint density at radius 1 is 1.52 bits per heavy atom. The molecule has 0 bridgehead atoms. The third-order valence-corrected chi connectivity index (χ3v) is 3.01. The lowest BCUT2D eigenvalue weighted by molar-refractivity contribution is -0.119. The van der Waals surface area contributed by atoms with Crippen molar-refractivity contribution in [1.29, 1.82) is 5.26 Å². The molecule has 1 aliphatic heterocycles. The number of benzene rings is 1. The van der Waals surface area contributed by atoms with Gasteiger partial charge < -0.3 is 10.1 Å². The molecule has 1 N–H and O–H groups in total. The zero-order chi connectivity index (χ0) is 15.2. The van der Waals surface area contributed by atoms with E-state index < -0.39 is 6.09 Å². The Morgan fingerprint density at radius 3 is 2.86 bits per heavy atom. The summed E-state index contributed by atoms with van der Waals surface area (Å²) >= 11 is 0. The minimum atomic E-state index is -0.425. The third-order valence-electron chi connectivity index (χ3n) is 3.01. The highest BCUT2D eigenvalue weighted by atomic mass is 16.6. The van der Waals surface area contributed by atoms with Crippen LogP contribution in [0.25, 0.3) is 6.08 Å². The maximum absolute atomic E-state index is 11.8. The molecule has 21 heavy (non-hydrogen) atoms. The Balaban J connectivity index is 2.01. The number of nitrogens with zero attached hydrogens (tertiary/aromatic N) is 2. The molecule has 0 radical (unpaired) electrons. The van der Waals surface area contributed by atoms with Crippen molar-refractivity contribution in [3.05, 3.63) is 35.9 Å². The summed E-state index contributed by atoms with van der Waals surface area (Å²) in [5, 5.41) is 11.1. The molecule has 1 atom stereocenters. The van der Waals surface area contributed by atoms with Crippen LogP contribution in [-0.4, -0.2) is 31.2 Å². The van der Waals surface area contributed by atoms with Crippen molar-refractivity contribution in [2.75, 3.05) is 18.0 Å². The largest absolute Gasteiger partial charge is 0.442 e. The number of nitriles is 1. The van der Waals surface area contributed by atoms with E-state index in [0.717, 1.165) is 11.3 Å². The fourth-order valence-corrected chi connectivity index (χ4v) is 2.00. The van der Waals surface area contributed by atoms with E-state index in [2.05, 4.69) is 5.32 Å². The van der Waals surface area contributed by atoms with Crippen LogP contribution < -0.4 is 10.2 Å². The van der Waals surface area contributed by atoms with E-state index in [9.17, 15) is 9.59 Å². The molecule has 0 saturated carbocycles. The fraction of sp³-hybridized carbons (Fsp3) is 0.267. The molecule has 1 fully saturated rings. The molecule has 2 amide bonds. The van der Waals surface area contributed by atoms with Gasteiger partial charge in [-0.05, 0) is 23.8 Å². The number of cyclic esters (lactones) is 1. The van der Waals surface area contributed by atoms with Crippen LogP contribution in [0.5, 0.6) is 0 Å². The number of carbonyl (C=O) groups excluding carboxylic acids is 2. The number of hydrogen-bond donors (Lipinski definition) is 1. The van der Waals surface area contributed by atoms with Gasteiger partial charge in [-0.15, -0.1) is 0 Å². The van der Waals surface area contributed by atoms with E-state index in [1.54, 1.807) is 18.2 Å². The number of nitrogens with one attached hydrogen (secondary N) is 1. The van der Waals surface area contributed by atoms with Gasteiger partial charge >= 0.3 is 6.09 Å². The van der Waals surface area contributed by atoms with Gasteiger partial charge in [-0.1, -0.05) is 12.1 Å². The first-order valence-corrected chi connectivity index (χ1v) is 6.49. The summed E-state index contributed by atoms with van der Waals surface area (Å²) in [5.74, 6) is -0.155. The molecule has 108 valence electrons. The van der Waals surface area contributed by atoms with E-state index in [4.69, 9.17) is 10.00 Å². The summed E-state index contributed by atoms with van der Waals surface area (Å²) in [6, 6.07) is 9.14. The van der Waals surface area contributed by atoms with Crippen LogP contribution in [0.4, 0.5) is 10.5 Å². The standard InChI is InChI=1S/C15H15N3O3/c1-11(19)17-9-14-10-18(15(20)21-14)13-6-4-12(5-7-13)3-2-8-16/h2-7,14H,9-10H2,1H3,(H,17,19)/b3-2+. The Labute approximate surface area is 122 Å². The number of ether oxygens (including phenoxy) is 1. The van der Waals surface area contributed by atoms with Crippen molar-refractivity contribution in [3.8, 4) is 6.07 Å². The van der Waals surface area contributed by atoms with Crippen LogP contribution in [0, 0.1) is 11.3 Å². The van der Waals surface area contributed by atoms with E-state index in [-0.39, 0.29) is 12.0 Å². The molecule has 6 heteroatoms. The Kier molecular flexibility index (Phi) is 4.57. The molecule has 6 nitrogen and oxygen atoms in total. The first kappa shape index (κ1) is 14.6. The second-order valence-corrected chi connectivity index (χ2v) is 4.61. The fourth-order valence-electron chi connectivity index (χ4n) is 2.00. The Hall–Kier alpha value is -2.81. The van der Waals surface area contributed by atoms with Gasteiger partial charge in [-0.2, -0.15) is 5.26 Å². The number of carbonyl (C=O) groups is 2. The zero-order valence-corrected chi connectivity index (χ0v) is 11.6. The molecule has 0 aliphatic carbocycles. The van der Waals surface area contributed by atoms with Crippen molar-refractivity contribution >= 4 is 23.8 Å². The van der Waals surface area contributed by atoms with Gasteiger partial charge in [0.25, 0.3) is 0 Å². The van der Waals surface area contributed by atoms with E-state index in [0.29, 0.717) is 13.1 Å². The lowest BCUT2D eigenvalue weighted by Gasteiger charge is -2.13. The predicted molar refractivity (Wildman–Crippen MR) is 77.4 cm³/mol. The normalized spacial score (nSPS) is 17.6. The third kappa shape index (κ3) is 3.83. The van der Waals surface area contributed by atoms with E-state index in [1.165, 1.54) is 17.9 Å². The summed E-state index contributed by atoms with van der Waals surface area (Å²) in [4.78, 5) is 24.2. The quantitative estimate of drug-likeness (QED) is 0.853. The van der Waals surface area contributed by atoms with Crippen molar-refractivity contribution in [2.24, 2.45) is 0 Å². The van der Waals surface area contributed by atoms with Crippen molar-refractivity contribution in [3.63, 3.8) is 0 Å². The van der Waals surface area contributed by atoms with Crippen LogP contribution in [0.2, 0.25) is 0 Å². The second-order valence-electron chi connectivity index (χ2n) is 4.61. The van der Waals surface area contributed by atoms with Crippen LogP contribution in [0.15, 0.2) is 30.3 Å². The number of amides is 2. The van der Waals surface area contributed by atoms with Gasteiger partial charge in [0.05, 0.1) is 19.2 Å². The van der Waals surface area contributed by atoms with Crippen molar-refractivity contribution in [1.82, 2.24) is 5.32 Å². The van der Waals surface area contributed by atoms with Gasteiger partial charge in [-0.3, -0.25) is 9.69 Å². The number of allylic oxidation sites excluding steroid dienone is 1. The molecule has 2 rings (SSSR count). The molecule has 0 aromatic heterocycles. The molecule has 1 heterocycles. The molecule has 1 aromatic rings. The average molecular weight is 285 g/mol. The molecule has 1 aliphatic rings. The number of rotatable bonds is 4. The summed E-state index contributed by atoms with van der Waals surface area (Å²) in [6.07, 6.45) is 2.30. The first-order valence-electron chi connectivity index (χ1n) is 6.49. The number of anilines is 1. The SMILES string of the molecule is CC(=O)NCC1CN(c2ccc(/C=C/C#N)cc2)C(=O)O1. The topological polar surface area (TPSA) is 82.4 Å². The highest BCUT2D eigenvalue weighted by Crippen LogP contribution is 2.22. The van der Waals surface area contributed by atoms with Gasteiger partial charge in [0.15, 0.2) is 0 Å². The lowest BCUT2D eigenvalue weighted by atomic mass is 10.2. The van der Waals surface area contributed by atoms with Gasteiger partial charge in [-0.25, -0.2) is 4.79 Å². The Bertz CT molecular complexity index is 602. The second kappa shape index (κ2) is 6.57. The van der Waals surface area contributed by atoms with Crippen molar-refractivity contribution < 1.29 is 14.3 Å². The maximum atomic E-state index is 11.8. The van der Waals surface area contributed by atoms with Crippen LogP contribution in [0.3, 0.4) is 0 Å². The monoisotopic (exact) mass is 285 g/mol. The van der Waals surface area contributed by atoms with Crippen LogP contribution >= 0.6 is 0 Å². The van der Waals surface area contributed by atoms with Gasteiger partial charge in [0.1, 0.15) is 6.10 Å². The maximum Gasteiger partial charge on any atom is 0.414 e. The first-order chi connectivity index (χ1) is 10.1. The number of hydrogen-bond acceptors (Lipinski definition) is 4. The van der Waals surface area contributed by atoms with Crippen molar-refractivity contribution in [2.45, 2.75) is 13.0 Å². The molecular weight excluding hydrogens is 270 g/mol. The Morgan fingerprint density at radius 2 is 2.24 bits per heavy atom. The molecule has 1 saturated heterocycles. The molecule has 1 aromatic carbocycles. The zero-order valence-electron chi connectivity index (χ0n) is 11.6. The average Bonchev–Trinajstić information content (AvgIpc) is 2.84.